The Morgan fingerprint density at radius 1 is 1.28 bits per heavy atom. The minimum absolute atomic E-state index is 0. The van der Waals surface area contributed by atoms with E-state index in [1.807, 2.05) is 37.3 Å². The maximum atomic E-state index is 12.0. The van der Waals surface area contributed by atoms with Crippen molar-refractivity contribution in [3.05, 3.63) is 35.9 Å². The van der Waals surface area contributed by atoms with Crippen molar-refractivity contribution in [3.63, 3.8) is 0 Å². The molecule has 100 valence electrons. The van der Waals surface area contributed by atoms with Gasteiger partial charge in [-0.2, -0.15) is 0 Å². The molecule has 0 saturated carbocycles. The molecular weight excluding hydrogens is 248 g/mol. The number of hydrogen-bond donors (Lipinski definition) is 2. The first-order valence-electron chi connectivity index (χ1n) is 6.33. The summed E-state index contributed by atoms with van der Waals surface area (Å²) in [7, 11) is 0. The van der Waals surface area contributed by atoms with E-state index in [0.717, 1.165) is 31.5 Å². The summed E-state index contributed by atoms with van der Waals surface area (Å²) in [5.74, 6) is 0.380. The highest BCUT2D eigenvalue weighted by Crippen LogP contribution is 2.16. The molecule has 1 fully saturated rings. The summed E-state index contributed by atoms with van der Waals surface area (Å²) >= 11 is 0. The largest absolute Gasteiger partial charge is 0.349 e. The van der Waals surface area contributed by atoms with E-state index in [0.29, 0.717) is 0 Å². The van der Waals surface area contributed by atoms with Gasteiger partial charge in [-0.15, -0.1) is 12.4 Å². The van der Waals surface area contributed by atoms with Gasteiger partial charge in [-0.3, -0.25) is 4.79 Å². The Morgan fingerprint density at radius 2 is 1.89 bits per heavy atom. The molecule has 0 aromatic heterocycles. The molecule has 1 amide bonds. The molecular formula is C14H21ClN2O. The Labute approximate surface area is 115 Å². The highest BCUT2D eigenvalue weighted by atomic mass is 35.5. The molecule has 0 radical (unpaired) electrons. The van der Waals surface area contributed by atoms with Gasteiger partial charge >= 0.3 is 0 Å². The molecule has 1 atom stereocenters. The van der Waals surface area contributed by atoms with Crippen molar-refractivity contribution >= 4 is 18.3 Å². The van der Waals surface area contributed by atoms with Gasteiger partial charge in [-0.05, 0) is 38.4 Å². The fraction of sp³-hybridized carbons (Fsp3) is 0.500. The zero-order valence-electron chi connectivity index (χ0n) is 10.7. The van der Waals surface area contributed by atoms with Crippen molar-refractivity contribution in [3.8, 4) is 0 Å². The lowest BCUT2D eigenvalue weighted by Crippen LogP contribution is -2.39. The van der Waals surface area contributed by atoms with Crippen LogP contribution in [0, 0.1) is 5.92 Å². The molecule has 0 spiro atoms. The molecule has 2 N–H and O–H groups in total. The fourth-order valence-electron chi connectivity index (χ4n) is 2.24. The van der Waals surface area contributed by atoms with Gasteiger partial charge in [0.25, 0.3) is 0 Å². The monoisotopic (exact) mass is 268 g/mol. The van der Waals surface area contributed by atoms with Crippen molar-refractivity contribution in [2.75, 3.05) is 13.1 Å². The molecule has 4 heteroatoms. The van der Waals surface area contributed by atoms with E-state index in [1.54, 1.807) is 0 Å². The van der Waals surface area contributed by atoms with Gasteiger partial charge in [0.1, 0.15) is 0 Å². The van der Waals surface area contributed by atoms with E-state index >= 15 is 0 Å². The van der Waals surface area contributed by atoms with E-state index in [-0.39, 0.29) is 30.3 Å². The Morgan fingerprint density at radius 3 is 2.50 bits per heavy atom. The molecule has 3 nitrogen and oxygen atoms in total. The number of benzene rings is 1. The average Bonchev–Trinajstić information content (AvgIpc) is 2.40. The molecule has 1 aliphatic rings. The molecule has 1 aromatic carbocycles. The minimum Gasteiger partial charge on any atom is -0.349 e. The van der Waals surface area contributed by atoms with Crippen molar-refractivity contribution < 1.29 is 4.79 Å². The van der Waals surface area contributed by atoms with E-state index < -0.39 is 0 Å². The van der Waals surface area contributed by atoms with Crippen LogP contribution in [0.15, 0.2) is 30.3 Å². The molecule has 0 unspecified atom stereocenters. The summed E-state index contributed by atoms with van der Waals surface area (Å²) in [4.78, 5) is 12.0. The molecule has 18 heavy (non-hydrogen) atoms. The lowest BCUT2D eigenvalue weighted by atomic mass is 9.96. The van der Waals surface area contributed by atoms with Gasteiger partial charge in [0.15, 0.2) is 0 Å². The number of hydrogen-bond acceptors (Lipinski definition) is 2. The summed E-state index contributed by atoms with van der Waals surface area (Å²) < 4.78 is 0. The first-order valence-corrected chi connectivity index (χ1v) is 6.33. The van der Waals surface area contributed by atoms with Crippen LogP contribution in [0.1, 0.15) is 31.4 Å². The van der Waals surface area contributed by atoms with E-state index in [2.05, 4.69) is 10.6 Å². The summed E-state index contributed by atoms with van der Waals surface area (Å²) in [6.45, 7) is 3.95. The van der Waals surface area contributed by atoms with Crippen LogP contribution in [0.2, 0.25) is 0 Å². The fourth-order valence-corrected chi connectivity index (χ4v) is 2.24. The van der Waals surface area contributed by atoms with Crippen LogP contribution in [-0.2, 0) is 4.79 Å². The second kappa shape index (κ2) is 7.39. The standard InChI is InChI=1S/C14H20N2O.ClH/c1-11(12-5-3-2-4-6-12)16-14(17)13-7-9-15-10-8-13;/h2-6,11,13,15H,7-10H2,1H3,(H,16,17);1H/t11-;/m1./s1. The minimum atomic E-state index is 0. The van der Waals surface area contributed by atoms with Gasteiger partial charge in [-0.1, -0.05) is 30.3 Å². The lowest BCUT2D eigenvalue weighted by Gasteiger charge is -2.24. The maximum absolute atomic E-state index is 12.0. The Kier molecular flexibility index (Phi) is 6.16. The quantitative estimate of drug-likeness (QED) is 0.883. The second-order valence-electron chi connectivity index (χ2n) is 4.67. The Balaban J connectivity index is 0.00000162. The first-order chi connectivity index (χ1) is 8.27. The number of carbonyl (C=O) groups is 1. The van der Waals surface area contributed by atoms with Crippen molar-refractivity contribution in [1.82, 2.24) is 10.6 Å². The third-order valence-corrected chi connectivity index (χ3v) is 3.37. The highest BCUT2D eigenvalue weighted by Gasteiger charge is 2.22. The predicted molar refractivity (Wildman–Crippen MR) is 75.8 cm³/mol. The van der Waals surface area contributed by atoms with Crippen LogP contribution < -0.4 is 10.6 Å². The first kappa shape index (κ1) is 15.0. The van der Waals surface area contributed by atoms with Crippen molar-refractivity contribution in [2.24, 2.45) is 5.92 Å². The van der Waals surface area contributed by atoms with Gasteiger partial charge in [0, 0.05) is 5.92 Å². The zero-order valence-corrected chi connectivity index (χ0v) is 11.5. The van der Waals surface area contributed by atoms with Crippen molar-refractivity contribution in [2.45, 2.75) is 25.8 Å². The topological polar surface area (TPSA) is 41.1 Å². The summed E-state index contributed by atoms with van der Waals surface area (Å²) in [5.41, 5.74) is 1.16. The number of nitrogens with one attached hydrogen (secondary N) is 2. The van der Waals surface area contributed by atoms with Crippen LogP contribution >= 0.6 is 12.4 Å². The number of carbonyl (C=O) groups excluding carboxylic acids is 1. The zero-order chi connectivity index (χ0) is 12.1. The molecule has 1 heterocycles. The van der Waals surface area contributed by atoms with Crippen LogP contribution in [0.25, 0.3) is 0 Å². The van der Waals surface area contributed by atoms with Gasteiger partial charge in [-0.25, -0.2) is 0 Å². The normalized spacial score (nSPS) is 17.6. The number of amides is 1. The van der Waals surface area contributed by atoms with Crippen molar-refractivity contribution in [1.29, 1.82) is 0 Å². The predicted octanol–water partition coefficient (Wildman–Crippen LogP) is 2.29. The molecule has 1 aliphatic heterocycles. The van der Waals surface area contributed by atoms with Crippen LogP contribution in [-0.4, -0.2) is 19.0 Å². The smallest absolute Gasteiger partial charge is 0.223 e. The molecule has 2 rings (SSSR count). The van der Waals surface area contributed by atoms with E-state index in [9.17, 15) is 4.79 Å². The number of halogens is 1. The third kappa shape index (κ3) is 4.00. The average molecular weight is 269 g/mol. The molecule has 1 aromatic rings. The highest BCUT2D eigenvalue weighted by molar-refractivity contribution is 5.85. The third-order valence-electron chi connectivity index (χ3n) is 3.37. The maximum Gasteiger partial charge on any atom is 0.223 e. The SMILES string of the molecule is C[C@@H](NC(=O)C1CCNCC1)c1ccccc1.Cl. The van der Waals surface area contributed by atoms with E-state index in [1.165, 1.54) is 0 Å². The second-order valence-corrected chi connectivity index (χ2v) is 4.67. The van der Waals surface area contributed by atoms with Gasteiger partial charge in [0.05, 0.1) is 6.04 Å². The lowest BCUT2D eigenvalue weighted by molar-refractivity contribution is -0.126. The number of rotatable bonds is 3. The molecule has 0 aliphatic carbocycles. The Bertz CT molecular complexity index is 363. The van der Waals surface area contributed by atoms with E-state index in [4.69, 9.17) is 0 Å². The van der Waals surface area contributed by atoms with Crippen LogP contribution in [0.3, 0.4) is 0 Å². The molecule has 0 bridgehead atoms. The van der Waals surface area contributed by atoms with Crippen LogP contribution in [0.5, 0.6) is 0 Å². The van der Waals surface area contributed by atoms with Crippen LogP contribution in [0.4, 0.5) is 0 Å². The van der Waals surface area contributed by atoms with Gasteiger partial charge in [0.2, 0.25) is 5.91 Å². The summed E-state index contributed by atoms with van der Waals surface area (Å²) in [5, 5.41) is 6.37. The van der Waals surface area contributed by atoms with Gasteiger partial charge < -0.3 is 10.6 Å². The molecule has 1 saturated heterocycles. The summed E-state index contributed by atoms with van der Waals surface area (Å²) in [6.07, 6.45) is 1.90. The Hall–Kier alpha value is -1.06. The summed E-state index contributed by atoms with van der Waals surface area (Å²) in [6, 6.07) is 10.2. The number of piperidine rings is 1.